The van der Waals surface area contributed by atoms with Gasteiger partial charge in [-0.1, -0.05) is 34.1 Å². The Bertz CT molecular complexity index is 1470. The number of nitrogens with zero attached hydrogens (tertiary/aromatic N) is 5. The zero-order valence-corrected chi connectivity index (χ0v) is 23.9. The summed E-state index contributed by atoms with van der Waals surface area (Å²) >= 11 is 6.48. The summed E-state index contributed by atoms with van der Waals surface area (Å²) in [5.41, 5.74) is 3.16. The molecule has 0 bridgehead atoms. The second kappa shape index (κ2) is 13.8. The number of halogens is 1. The zero-order chi connectivity index (χ0) is 29.4. The van der Waals surface area contributed by atoms with Gasteiger partial charge < -0.3 is 34.2 Å². The number of aromatic nitrogens is 1. The van der Waals surface area contributed by atoms with Crippen molar-refractivity contribution in [1.82, 2.24) is 4.57 Å². The summed E-state index contributed by atoms with van der Waals surface area (Å²) in [5.74, 6) is 5.51. The number of hydrogen-bond donors (Lipinski definition) is 1. The van der Waals surface area contributed by atoms with Crippen molar-refractivity contribution in [1.29, 1.82) is 0 Å². The summed E-state index contributed by atoms with van der Waals surface area (Å²) < 4.78 is 25.3. The lowest BCUT2D eigenvalue weighted by Crippen LogP contribution is -2.26. The van der Waals surface area contributed by atoms with E-state index in [4.69, 9.17) is 41.2 Å². The van der Waals surface area contributed by atoms with Crippen molar-refractivity contribution in [3.05, 3.63) is 76.6 Å². The molecule has 2 aromatic carbocycles. The molecule has 41 heavy (non-hydrogen) atoms. The third-order valence-electron chi connectivity index (χ3n) is 6.33. The summed E-state index contributed by atoms with van der Waals surface area (Å²) in [4.78, 5) is 21.7. The van der Waals surface area contributed by atoms with Gasteiger partial charge in [0.25, 0.3) is 0 Å². The third-order valence-corrected chi connectivity index (χ3v) is 6.56. The van der Waals surface area contributed by atoms with Crippen LogP contribution in [0.25, 0.3) is 5.69 Å². The van der Waals surface area contributed by atoms with Crippen LogP contribution in [-0.4, -0.2) is 56.6 Å². The molecule has 2 N–H and O–H groups in total. The molecule has 12 nitrogen and oxygen atoms in total. The number of amidine groups is 1. The molecule has 3 aromatic rings. The van der Waals surface area contributed by atoms with Crippen LogP contribution in [0.3, 0.4) is 0 Å². The number of carbonyl (C=O) groups is 1. The topological polar surface area (TPSA) is 144 Å². The maximum Gasteiger partial charge on any atom is 0.364 e. The second-order valence-electron chi connectivity index (χ2n) is 8.65. The quantitative estimate of drug-likeness (QED) is 0.0885. The first-order chi connectivity index (χ1) is 20.0. The highest BCUT2D eigenvalue weighted by molar-refractivity contribution is 6.65. The van der Waals surface area contributed by atoms with Gasteiger partial charge >= 0.3 is 5.97 Å². The SMILES string of the molecule is CCOC(=O)C(=NOC)C(N=NN)=NCC[C@H]1O[C@H](c2cccc(OC)c2OC)c2cc(Cl)ccc2-n2cccc21. The highest BCUT2D eigenvalue weighted by Gasteiger charge is 2.33. The van der Waals surface area contributed by atoms with Crippen LogP contribution in [0.1, 0.15) is 42.4 Å². The summed E-state index contributed by atoms with van der Waals surface area (Å²) in [6, 6.07) is 15.2. The molecule has 0 saturated heterocycles. The zero-order valence-electron chi connectivity index (χ0n) is 23.1. The van der Waals surface area contributed by atoms with Gasteiger partial charge in [-0.15, -0.1) is 5.11 Å². The van der Waals surface area contributed by atoms with Gasteiger partial charge in [-0.25, -0.2) is 4.79 Å². The Morgan fingerprint density at radius 2 is 1.93 bits per heavy atom. The van der Waals surface area contributed by atoms with E-state index in [1.165, 1.54) is 7.11 Å². The number of benzene rings is 2. The minimum atomic E-state index is -0.766. The Hall–Kier alpha value is -4.42. The average Bonchev–Trinajstić information content (AvgIpc) is 3.42. The van der Waals surface area contributed by atoms with E-state index in [0.717, 1.165) is 22.5 Å². The van der Waals surface area contributed by atoms with Crippen LogP contribution < -0.4 is 15.3 Å². The highest BCUT2D eigenvalue weighted by atomic mass is 35.5. The molecule has 0 radical (unpaired) electrons. The molecule has 2 atom stereocenters. The van der Waals surface area contributed by atoms with Crippen molar-refractivity contribution in [2.75, 3.05) is 34.5 Å². The van der Waals surface area contributed by atoms with E-state index in [-0.39, 0.29) is 24.7 Å². The van der Waals surface area contributed by atoms with Gasteiger partial charge in [0.15, 0.2) is 11.5 Å². The number of oxime groups is 1. The average molecular weight is 583 g/mol. The normalized spacial score (nSPS) is 17.0. The number of ether oxygens (including phenoxy) is 4. The number of fused-ring (bicyclic) bond motifs is 3. The molecule has 0 aliphatic carbocycles. The highest BCUT2D eigenvalue weighted by Crippen LogP contribution is 2.46. The third kappa shape index (κ3) is 6.34. The Morgan fingerprint density at radius 3 is 2.63 bits per heavy atom. The van der Waals surface area contributed by atoms with E-state index in [9.17, 15) is 4.79 Å². The lowest BCUT2D eigenvalue weighted by atomic mass is 9.98. The van der Waals surface area contributed by atoms with Gasteiger partial charge in [-0.05, 0) is 49.7 Å². The Morgan fingerprint density at radius 1 is 1.10 bits per heavy atom. The van der Waals surface area contributed by atoms with Crippen LogP contribution in [0.2, 0.25) is 5.02 Å². The van der Waals surface area contributed by atoms with E-state index < -0.39 is 18.2 Å². The smallest absolute Gasteiger partial charge is 0.364 e. The maximum absolute atomic E-state index is 12.4. The number of methoxy groups -OCH3 is 2. The number of carbonyl (C=O) groups excluding carboxylic acids is 1. The van der Waals surface area contributed by atoms with Gasteiger partial charge in [0, 0.05) is 28.9 Å². The minimum absolute atomic E-state index is 0.126. The van der Waals surface area contributed by atoms with Crippen molar-refractivity contribution in [3.8, 4) is 17.2 Å². The van der Waals surface area contributed by atoms with Crippen molar-refractivity contribution < 1.29 is 28.6 Å². The van der Waals surface area contributed by atoms with Crippen LogP contribution in [0, 0.1) is 0 Å². The van der Waals surface area contributed by atoms with Gasteiger partial charge in [0.2, 0.25) is 11.5 Å². The van der Waals surface area contributed by atoms with E-state index >= 15 is 0 Å². The molecule has 4 rings (SSSR count). The number of esters is 1. The van der Waals surface area contributed by atoms with Crippen molar-refractivity contribution in [3.63, 3.8) is 0 Å². The number of hydrogen-bond acceptors (Lipinski definition) is 9. The summed E-state index contributed by atoms with van der Waals surface area (Å²) in [7, 11) is 4.46. The molecule has 13 heteroatoms. The Labute approximate surface area is 242 Å². The molecule has 2 heterocycles. The molecule has 0 spiro atoms. The Kier molecular flexibility index (Phi) is 9.93. The number of aliphatic imine (C=N–C) groups is 1. The van der Waals surface area contributed by atoms with Crippen LogP contribution >= 0.6 is 11.6 Å². The molecule has 0 saturated carbocycles. The fourth-order valence-corrected chi connectivity index (χ4v) is 4.85. The number of para-hydroxylation sites is 1. The van der Waals surface area contributed by atoms with Crippen molar-refractivity contribution in [2.24, 2.45) is 26.3 Å². The lowest BCUT2D eigenvalue weighted by Gasteiger charge is -2.25. The number of nitrogens with two attached hydrogens (primary N) is 1. The van der Waals surface area contributed by atoms with Gasteiger partial charge in [-0.3, -0.25) is 4.99 Å². The molecule has 0 unspecified atom stereocenters. The van der Waals surface area contributed by atoms with E-state index in [1.807, 2.05) is 54.7 Å². The lowest BCUT2D eigenvalue weighted by molar-refractivity contribution is -0.135. The molecule has 0 amide bonds. The standard InChI is InChI=1S/C28H31ClN6O6/c1-5-40-28(36)24(33-39-4)27(32-34-30)31-14-13-22-21-9-7-15-35(21)20-12-11-17(29)16-19(20)25(41-22)18-8-6-10-23(37-2)26(18)38-3/h6-12,15-16,22,25H,5,13-14H2,1-4H3,(H2,30,31,32)/t22-,25-/m1/s1. The monoisotopic (exact) mass is 582 g/mol. The van der Waals surface area contributed by atoms with Crippen molar-refractivity contribution in [2.45, 2.75) is 25.6 Å². The van der Waals surface area contributed by atoms with Crippen molar-refractivity contribution >= 4 is 29.1 Å². The largest absolute Gasteiger partial charge is 0.493 e. The summed E-state index contributed by atoms with van der Waals surface area (Å²) in [5, 5.41) is 11.4. The first kappa shape index (κ1) is 29.6. The fraction of sp³-hybridized carbons (Fsp3) is 0.321. The summed E-state index contributed by atoms with van der Waals surface area (Å²) in [6.45, 7) is 1.97. The van der Waals surface area contributed by atoms with E-state index in [1.54, 1.807) is 21.1 Å². The van der Waals surface area contributed by atoms with E-state index in [0.29, 0.717) is 22.9 Å². The van der Waals surface area contributed by atoms with Gasteiger partial charge in [-0.2, -0.15) is 0 Å². The second-order valence-corrected chi connectivity index (χ2v) is 9.08. The molecule has 1 aliphatic rings. The van der Waals surface area contributed by atoms with Gasteiger partial charge in [0.05, 0.1) is 32.2 Å². The first-order valence-corrected chi connectivity index (χ1v) is 13.1. The maximum atomic E-state index is 12.4. The molecular formula is C28H31ClN6O6. The Balaban J connectivity index is 1.76. The van der Waals surface area contributed by atoms with Crippen LogP contribution in [0.5, 0.6) is 11.5 Å². The summed E-state index contributed by atoms with van der Waals surface area (Å²) in [6.07, 6.45) is 1.32. The van der Waals surface area contributed by atoms with Crippen LogP contribution in [-0.2, 0) is 19.1 Å². The van der Waals surface area contributed by atoms with E-state index in [2.05, 4.69) is 25.1 Å². The molecular weight excluding hydrogens is 552 g/mol. The minimum Gasteiger partial charge on any atom is -0.493 e. The first-order valence-electron chi connectivity index (χ1n) is 12.7. The predicted octanol–water partition coefficient (Wildman–Crippen LogP) is 4.99. The van der Waals surface area contributed by atoms with Crippen LogP contribution in [0.4, 0.5) is 0 Å². The molecule has 1 aromatic heterocycles. The molecule has 216 valence electrons. The predicted molar refractivity (Wildman–Crippen MR) is 153 cm³/mol. The molecule has 0 fully saturated rings. The number of rotatable bonds is 10. The fourth-order valence-electron chi connectivity index (χ4n) is 4.67. The van der Waals surface area contributed by atoms with Crippen LogP contribution in [0.15, 0.2) is 75.2 Å². The molecule has 1 aliphatic heterocycles. The van der Waals surface area contributed by atoms with Gasteiger partial charge in [0.1, 0.15) is 19.3 Å².